The molecular formula is C18H23N3O. The second-order valence-corrected chi connectivity index (χ2v) is 7.03. The Kier molecular flexibility index (Phi) is 3.55. The van der Waals surface area contributed by atoms with Gasteiger partial charge in [0.1, 0.15) is 0 Å². The van der Waals surface area contributed by atoms with Gasteiger partial charge in [-0.25, -0.2) is 4.68 Å². The summed E-state index contributed by atoms with van der Waals surface area (Å²) < 4.78 is 1.97. The topological polar surface area (TPSA) is 46.9 Å². The van der Waals surface area contributed by atoms with Crippen LogP contribution in [0, 0.1) is 6.92 Å². The van der Waals surface area contributed by atoms with Gasteiger partial charge in [0, 0.05) is 16.8 Å². The zero-order chi connectivity index (χ0) is 15.9. The lowest BCUT2D eigenvalue weighted by molar-refractivity contribution is 0.0913. The van der Waals surface area contributed by atoms with Crippen LogP contribution >= 0.6 is 0 Å². The Bertz CT molecular complexity index is 722. The average molecular weight is 297 g/mol. The Labute approximate surface area is 131 Å². The molecule has 1 aromatic carbocycles. The highest BCUT2D eigenvalue weighted by Crippen LogP contribution is 2.29. The van der Waals surface area contributed by atoms with Crippen LogP contribution in [-0.4, -0.2) is 21.2 Å². The van der Waals surface area contributed by atoms with E-state index in [0.29, 0.717) is 5.69 Å². The SMILES string of the molecule is Cc1ccccc1-n1nc(C(=O)NC(C)(C)C)c2c1CCC2. The van der Waals surface area contributed by atoms with Crippen LogP contribution in [0.4, 0.5) is 0 Å². The average Bonchev–Trinajstić information content (AvgIpc) is 2.99. The van der Waals surface area contributed by atoms with Gasteiger partial charge in [-0.1, -0.05) is 18.2 Å². The number of fused-ring (bicyclic) bond motifs is 1. The quantitative estimate of drug-likeness (QED) is 0.925. The predicted octanol–water partition coefficient (Wildman–Crippen LogP) is 3.20. The molecule has 0 bridgehead atoms. The molecule has 0 atom stereocenters. The Morgan fingerprint density at radius 3 is 2.64 bits per heavy atom. The lowest BCUT2D eigenvalue weighted by Gasteiger charge is -2.19. The van der Waals surface area contributed by atoms with E-state index in [1.54, 1.807) is 0 Å². The van der Waals surface area contributed by atoms with Gasteiger partial charge in [0.05, 0.1) is 5.69 Å². The summed E-state index contributed by atoms with van der Waals surface area (Å²) in [6.07, 6.45) is 3.02. The second kappa shape index (κ2) is 5.27. The first-order chi connectivity index (χ1) is 10.4. The van der Waals surface area contributed by atoms with Gasteiger partial charge >= 0.3 is 0 Å². The van der Waals surface area contributed by atoms with Gasteiger partial charge in [0.25, 0.3) is 5.91 Å². The maximum absolute atomic E-state index is 12.6. The summed E-state index contributed by atoms with van der Waals surface area (Å²) in [5, 5.41) is 7.68. The van der Waals surface area contributed by atoms with Crippen LogP contribution < -0.4 is 5.32 Å². The first-order valence-corrected chi connectivity index (χ1v) is 7.86. The molecular weight excluding hydrogens is 274 g/mol. The third-order valence-corrected chi connectivity index (χ3v) is 3.98. The number of nitrogens with one attached hydrogen (secondary N) is 1. The van der Waals surface area contributed by atoms with Crippen molar-refractivity contribution in [1.29, 1.82) is 0 Å². The van der Waals surface area contributed by atoms with Gasteiger partial charge in [-0.15, -0.1) is 0 Å². The molecule has 2 aromatic rings. The number of nitrogens with zero attached hydrogens (tertiary/aromatic N) is 2. The Morgan fingerprint density at radius 1 is 1.23 bits per heavy atom. The minimum Gasteiger partial charge on any atom is -0.346 e. The maximum atomic E-state index is 12.6. The van der Waals surface area contributed by atoms with Gasteiger partial charge in [-0.2, -0.15) is 5.10 Å². The molecule has 4 heteroatoms. The van der Waals surface area contributed by atoms with Crippen LogP contribution in [0.3, 0.4) is 0 Å². The fourth-order valence-electron chi connectivity index (χ4n) is 3.02. The normalized spacial score (nSPS) is 14.0. The first-order valence-electron chi connectivity index (χ1n) is 7.86. The molecule has 0 radical (unpaired) electrons. The molecule has 116 valence electrons. The van der Waals surface area contributed by atoms with E-state index in [9.17, 15) is 4.79 Å². The number of amides is 1. The molecule has 1 aromatic heterocycles. The Balaban J connectivity index is 2.06. The van der Waals surface area contributed by atoms with Gasteiger partial charge < -0.3 is 5.32 Å². The summed E-state index contributed by atoms with van der Waals surface area (Å²) in [7, 11) is 0. The van der Waals surface area contributed by atoms with Crippen molar-refractivity contribution in [2.45, 2.75) is 52.5 Å². The number of carbonyl (C=O) groups is 1. The summed E-state index contributed by atoms with van der Waals surface area (Å²) in [6.45, 7) is 8.05. The maximum Gasteiger partial charge on any atom is 0.272 e. The van der Waals surface area contributed by atoms with Crippen molar-refractivity contribution in [3.63, 3.8) is 0 Å². The lowest BCUT2D eigenvalue weighted by Crippen LogP contribution is -2.41. The van der Waals surface area contributed by atoms with E-state index in [1.807, 2.05) is 37.6 Å². The highest BCUT2D eigenvalue weighted by Gasteiger charge is 2.28. The number of carbonyl (C=O) groups excluding carboxylic acids is 1. The van der Waals surface area contributed by atoms with Crippen molar-refractivity contribution >= 4 is 5.91 Å². The number of aromatic nitrogens is 2. The van der Waals surface area contributed by atoms with Crippen LogP contribution in [0.25, 0.3) is 5.69 Å². The third kappa shape index (κ3) is 2.65. The largest absolute Gasteiger partial charge is 0.346 e. The smallest absolute Gasteiger partial charge is 0.272 e. The van der Waals surface area contributed by atoms with E-state index in [2.05, 4.69) is 29.5 Å². The fourth-order valence-corrected chi connectivity index (χ4v) is 3.02. The van der Waals surface area contributed by atoms with Crippen molar-refractivity contribution in [2.75, 3.05) is 0 Å². The summed E-state index contributed by atoms with van der Waals surface area (Å²) in [6, 6.07) is 8.18. The van der Waals surface area contributed by atoms with Crippen molar-refractivity contribution < 1.29 is 4.79 Å². The molecule has 4 nitrogen and oxygen atoms in total. The molecule has 0 saturated heterocycles. The molecule has 0 saturated carbocycles. The predicted molar refractivity (Wildman–Crippen MR) is 87.5 cm³/mol. The first kappa shape index (κ1) is 14.8. The van der Waals surface area contributed by atoms with Crippen molar-refractivity contribution in [1.82, 2.24) is 15.1 Å². The number of rotatable bonds is 2. The summed E-state index contributed by atoms with van der Waals surface area (Å²) in [5.74, 6) is -0.0713. The van der Waals surface area contributed by atoms with Crippen LogP contribution in [-0.2, 0) is 12.8 Å². The minimum absolute atomic E-state index is 0.0713. The monoisotopic (exact) mass is 297 g/mol. The standard InChI is InChI=1S/C18H23N3O/c1-12-8-5-6-10-14(12)21-15-11-7-9-13(15)16(20-21)17(22)19-18(2,3)4/h5-6,8,10H,7,9,11H2,1-4H3,(H,19,22). The number of benzene rings is 1. The van der Waals surface area contributed by atoms with Crippen LogP contribution in [0.2, 0.25) is 0 Å². The fraction of sp³-hybridized carbons (Fsp3) is 0.444. The van der Waals surface area contributed by atoms with E-state index in [4.69, 9.17) is 0 Å². The van der Waals surface area contributed by atoms with E-state index in [1.165, 1.54) is 11.3 Å². The van der Waals surface area contributed by atoms with Gasteiger partial charge in [-0.3, -0.25) is 4.79 Å². The zero-order valence-corrected chi connectivity index (χ0v) is 13.7. The number of hydrogen-bond donors (Lipinski definition) is 1. The van der Waals surface area contributed by atoms with Crippen LogP contribution in [0.5, 0.6) is 0 Å². The zero-order valence-electron chi connectivity index (χ0n) is 13.7. The third-order valence-electron chi connectivity index (χ3n) is 3.98. The van der Waals surface area contributed by atoms with E-state index in [-0.39, 0.29) is 11.4 Å². The number of hydrogen-bond acceptors (Lipinski definition) is 2. The van der Waals surface area contributed by atoms with Crippen molar-refractivity contribution in [2.24, 2.45) is 0 Å². The molecule has 0 unspecified atom stereocenters. The number of aryl methyl sites for hydroxylation is 1. The molecule has 1 amide bonds. The van der Waals surface area contributed by atoms with Crippen molar-refractivity contribution in [3.05, 3.63) is 46.8 Å². The van der Waals surface area contributed by atoms with Crippen LogP contribution in [0.1, 0.15) is 54.5 Å². The molecule has 1 N–H and O–H groups in total. The van der Waals surface area contributed by atoms with E-state index < -0.39 is 0 Å². The molecule has 0 aliphatic heterocycles. The van der Waals surface area contributed by atoms with Crippen molar-refractivity contribution in [3.8, 4) is 5.69 Å². The second-order valence-electron chi connectivity index (χ2n) is 7.03. The summed E-state index contributed by atoms with van der Waals surface area (Å²) in [5.41, 5.74) is 4.87. The molecule has 0 spiro atoms. The highest BCUT2D eigenvalue weighted by atomic mass is 16.2. The lowest BCUT2D eigenvalue weighted by atomic mass is 10.1. The molecule has 22 heavy (non-hydrogen) atoms. The summed E-state index contributed by atoms with van der Waals surface area (Å²) >= 11 is 0. The van der Waals surface area contributed by atoms with E-state index in [0.717, 1.165) is 30.5 Å². The van der Waals surface area contributed by atoms with Gasteiger partial charge in [-0.05, 0) is 58.6 Å². The van der Waals surface area contributed by atoms with Crippen LogP contribution in [0.15, 0.2) is 24.3 Å². The highest BCUT2D eigenvalue weighted by molar-refractivity contribution is 5.94. The molecule has 3 rings (SSSR count). The molecule has 1 aliphatic rings. The van der Waals surface area contributed by atoms with E-state index >= 15 is 0 Å². The van der Waals surface area contributed by atoms with Gasteiger partial charge in [0.2, 0.25) is 0 Å². The summed E-state index contributed by atoms with van der Waals surface area (Å²) in [4.78, 5) is 12.6. The molecule has 0 fully saturated rings. The van der Waals surface area contributed by atoms with Gasteiger partial charge in [0.15, 0.2) is 5.69 Å². The minimum atomic E-state index is -0.255. The Hall–Kier alpha value is -2.10. The number of para-hydroxylation sites is 1. The molecule has 1 aliphatic carbocycles. The Morgan fingerprint density at radius 2 is 1.95 bits per heavy atom. The molecule has 1 heterocycles.